The van der Waals surface area contributed by atoms with Crippen LogP contribution in [0.15, 0.2) is 48.5 Å². The number of hydrogen-bond acceptors (Lipinski definition) is 5. The highest BCUT2D eigenvalue weighted by atomic mass is 16.6. The second-order valence-corrected chi connectivity index (χ2v) is 5.96. The van der Waals surface area contributed by atoms with Crippen LogP contribution in [-0.4, -0.2) is 41.8 Å². The molecule has 0 unspecified atom stereocenters. The van der Waals surface area contributed by atoms with E-state index in [9.17, 15) is 14.7 Å². The molecule has 1 aliphatic heterocycles. The lowest BCUT2D eigenvalue weighted by molar-refractivity contribution is -0.125. The summed E-state index contributed by atoms with van der Waals surface area (Å²) in [5.41, 5.74) is 1.64. The molecular formula is C19H20N2O5. The van der Waals surface area contributed by atoms with E-state index in [1.165, 1.54) is 4.90 Å². The van der Waals surface area contributed by atoms with Crippen molar-refractivity contribution in [1.82, 2.24) is 10.2 Å². The van der Waals surface area contributed by atoms with Crippen molar-refractivity contribution in [3.05, 3.63) is 59.7 Å². The molecule has 0 spiro atoms. The molecule has 1 atom stereocenters. The highest BCUT2D eigenvalue weighted by Gasteiger charge is 2.37. The first kappa shape index (κ1) is 17.6. The van der Waals surface area contributed by atoms with Gasteiger partial charge in [-0.2, -0.15) is 0 Å². The SMILES string of the molecule is COc1ccc(CNC(=O)[C@@H]2COC(=O)N2Cc2cccc(O)c2)cc1. The molecule has 0 aromatic heterocycles. The molecule has 0 bridgehead atoms. The molecule has 1 heterocycles. The zero-order valence-corrected chi connectivity index (χ0v) is 14.3. The molecule has 1 aliphatic rings. The average Bonchev–Trinajstić information content (AvgIpc) is 3.01. The Morgan fingerprint density at radius 1 is 1.27 bits per heavy atom. The number of amides is 2. The van der Waals surface area contributed by atoms with Crippen molar-refractivity contribution in [2.24, 2.45) is 0 Å². The number of methoxy groups -OCH3 is 1. The Kier molecular flexibility index (Phi) is 5.26. The van der Waals surface area contributed by atoms with Crippen LogP contribution in [0.25, 0.3) is 0 Å². The minimum absolute atomic E-state index is 0.00605. The van der Waals surface area contributed by atoms with Gasteiger partial charge in [0.2, 0.25) is 5.91 Å². The Hall–Kier alpha value is -3.22. The molecule has 7 nitrogen and oxygen atoms in total. The summed E-state index contributed by atoms with van der Waals surface area (Å²) in [4.78, 5) is 25.8. The van der Waals surface area contributed by atoms with Crippen LogP contribution in [0.5, 0.6) is 11.5 Å². The number of carbonyl (C=O) groups excluding carboxylic acids is 2. The summed E-state index contributed by atoms with van der Waals surface area (Å²) < 4.78 is 10.1. The maximum Gasteiger partial charge on any atom is 0.410 e. The molecule has 2 N–H and O–H groups in total. The van der Waals surface area contributed by atoms with Gasteiger partial charge < -0.3 is 19.9 Å². The quantitative estimate of drug-likeness (QED) is 0.827. The monoisotopic (exact) mass is 356 g/mol. The number of benzene rings is 2. The van der Waals surface area contributed by atoms with E-state index in [4.69, 9.17) is 9.47 Å². The Balaban J connectivity index is 1.62. The summed E-state index contributed by atoms with van der Waals surface area (Å²) in [5.74, 6) is 0.564. The number of rotatable bonds is 6. The van der Waals surface area contributed by atoms with Crippen LogP contribution in [0.2, 0.25) is 0 Å². The van der Waals surface area contributed by atoms with Crippen molar-refractivity contribution in [3.8, 4) is 11.5 Å². The van der Waals surface area contributed by atoms with Gasteiger partial charge in [0.05, 0.1) is 13.7 Å². The molecule has 136 valence electrons. The number of cyclic esters (lactones) is 1. The number of hydrogen-bond donors (Lipinski definition) is 2. The molecule has 2 amide bonds. The van der Waals surface area contributed by atoms with Gasteiger partial charge in [0.1, 0.15) is 24.1 Å². The number of phenolic OH excluding ortho intramolecular Hbond substituents is 1. The van der Waals surface area contributed by atoms with Crippen molar-refractivity contribution in [3.63, 3.8) is 0 Å². The lowest BCUT2D eigenvalue weighted by atomic mass is 10.1. The van der Waals surface area contributed by atoms with E-state index in [1.807, 2.05) is 24.3 Å². The number of nitrogens with one attached hydrogen (secondary N) is 1. The number of carbonyl (C=O) groups is 2. The third kappa shape index (κ3) is 4.05. The predicted molar refractivity (Wildman–Crippen MR) is 93.6 cm³/mol. The Bertz CT molecular complexity index is 791. The maximum absolute atomic E-state index is 12.5. The first-order chi connectivity index (χ1) is 12.6. The number of aromatic hydroxyl groups is 1. The van der Waals surface area contributed by atoms with E-state index < -0.39 is 12.1 Å². The van der Waals surface area contributed by atoms with Crippen LogP contribution in [0.1, 0.15) is 11.1 Å². The van der Waals surface area contributed by atoms with Crippen molar-refractivity contribution in [1.29, 1.82) is 0 Å². The zero-order valence-electron chi connectivity index (χ0n) is 14.3. The summed E-state index contributed by atoms with van der Waals surface area (Å²) in [5, 5.41) is 12.4. The summed E-state index contributed by atoms with van der Waals surface area (Å²) >= 11 is 0. The molecular weight excluding hydrogens is 336 g/mol. The highest BCUT2D eigenvalue weighted by Crippen LogP contribution is 2.19. The fourth-order valence-electron chi connectivity index (χ4n) is 2.74. The van der Waals surface area contributed by atoms with Crippen LogP contribution < -0.4 is 10.1 Å². The topological polar surface area (TPSA) is 88.1 Å². The minimum atomic E-state index is -0.705. The van der Waals surface area contributed by atoms with Gasteiger partial charge in [0.15, 0.2) is 0 Å². The number of ether oxygens (including phenoxy) is 2. The second kappa shape index (κ2) is 7.77. The zero-order chi connectivity index (χ0) is 18.5. The molecule has 1 saturated heterocycles. The van der Waals surface area contributed by atoms with Crippen molar-refractivity contribution < 1.29 is 24.2 Å². The third-order valence-electron chi connectivity index (χ3n) is 4.17. The minimum Gasteiger partial charge on any atom is -0.508 e. The van der Waals surface area contributed by atoms with Gasteiger partial charge in [0.25, 0.3) is 0 Å². The summed E-state index contributed by atoms with van der Waals surface area (Å²) in [6.45, 7) is 0.535. The van der Waals surface area contributed by atoms with Crippen molar-refractivity contribution >= 4 is 12.0 Å². The smallest absolute Gasteiger partial charge is 0.410 e. The molecule has 0 radical (unpaired) electrons. The third-order valence-corrected chi connectivity index (χ3v) is 4.17. The second-order valence-electron chi connectivity index (χ2n) is 5.96. The van der Waals surface area contributed by atoms with Crippen molar-refractivity contribution in [2.75, 3.05) is 13.7 Å². The van der Waals surface area contributed by atoms with E-state index in [0.717, 1.165) is 16.9 Å². The maximum atomic E-state index is 12.5. The van der Waals surface area contributed by atoms with Crippen LogP contribution in [-0.2, 0) is 22.6 Å². The fraction of sp³-hybridized carbons (Fsp3) is 0.263. The number of nitrogens with zero attached hydrogens (tertiary/aromatic N) is 1. The normalized spacial score (nSPS) is 16.3. The molecule has 0 saturated carbocycles. The van der Waals surface area contributed by atoms with Gasteiger partial charge in [-0.25, -0.2) is 4.79 Å². The van der Waals surface area contributed by atoms with Crippen LogP contribution >= 0.6 is 0 Å². The van der Waals surface area contributed by atoms with Gasteiger partial charge in [-0.3, -0.25) is 9.69 Å². The Morgan fingerprint density at radius 2 is 2.04 bits per heavy atom. The van der Waals surface area contributed by atoms with E-state index >= 15 is 0 Å². The van der Waals surface area contributed by atoms with Crippen molar-refractivity contribution in [2.45, 2.75) is 19.1 Å². The molecule has 26 heavy (non-hydrogen) atoms. The Morgan fingerprint density at radius 3 is 2.73 bits per heavy atom. The summed E-state index contributed by atoms with van der Waals surface area (Å²) in [6, 6.07) is 13.2. The molecule has 3 rings (SSSR count). The molecule has 0 aliphatic carbocycles. The standard InChI is InChI=1S/C19H20N2O5/c1-25-16-7-5-13(6-8-16)10-20-18(23)17-12-26-19(24)21(17)11-14-3-2-4-15(22)9-14/h2-9,17,22H,10-12H2,1H3,(H,20,23)/t17-/m0/s1. The fourth-order valence-corrected chi connectivity index (χ4v) is 2.74. The first-order valence-electron chi connectivity index (χ1n) is 8.19. The van der Waals surface area contributed by atoms with E-state index in [-0.39, 0.29) is 24.8 Å². The van der Waals surface area contributed by atoms with E-state index in [1.54, 1.807) is 31.4 Å². The largest absolute Gasteiger partial charge is 0.508 e. The van der Waals surface area contributed by atoms with Gasteiger partial charge in [-0.1, -0.05) is 24.3 Å². The lowest BCUT2D eigenvalue weighted by Gasteiger charge is -2.21. The van der Waals surface area contributed by atoms with Crippen LogP contribution in [0.3, 0.4) is 0 Å². The van der Waals surface area contributed by atoms with Gasteiger partial charge >= 0.3 is 6.09 Å². The predicted octanol–water partition coefficient (Wildman–Crippen LogP) is 2.04. The first-order valence-corrected chi connectivity index (χ1v) is 8.19. The Labute approximate surface area is 151 Å². The van der Waals surface area contributed by atoms with Gasteiger partial charge in [0, 0.05) is 6.54 Å². The van der Waals surface area contributed by atoms with Crippen LogP contribution in [0, 0.1) is 0 Å². The summed E-state index contributed by atoms with van der Waals surface area (Å²) in [6.07, 6.45) is -0.544. The van der Waals surface area contributed by atoms with Gasteiger partial charge in [-0.15, -0.1) is 0 Å². The molecule has 2 aromatic carbocycles. The lowest BCUT2D eigenvalue weighted by Crippen LogP contribution is -2.45. The molecule has 1 fully saturated rings. The molecule has 2 aromatic rings. The molecule has 7 heteroatoms. The van der Waals surface area contributed by atoms with Gasteiger partial charge in [-0.05, 0) is 35.4 Å². The van der Waals surface area contributed by atoms with E-state index in [2.05, 4.69) is 5.32 Å². The van der Waals surface area contributed by atoms with E-state index in [0.29, 0.717) is 6.54 Å². The summed E-state index contributed by atoms with van der Waals surface area (Å²) in [7, 11) is 1.59. The average molecular weight is 356 g/mol. The van der Waals surface area contributed by atoms with Crippen LogP contribution in [0.4, 0.5) is 4.79 Å². The number of phenols is 1. The highest BCUT2D eigenvalue weighted by molar-refractivity contribution is 5.87.